The molecule has 1 rings (SSSR count). The fraction of sp³-hybridized carbons (Fsp3) is 0. The monoisotopic (exact) mass is 125 g/mol. The highest BCUT2D eigenvalue weighted by Crippen LogP contribution is 2.07. The van der Waals surface area contributed by atoms with Gasteiger partial charge in [-0.1, -0.05) is 0 Å². The Balaban J connectivity index is 2.88. The van der Waals surface area contributed by atoms with Crippen molar-refractivity contribution in [1.29, 1.82) is 0 Å². The van der Waals surface area contributed by atoms with Gasteiger partial charge in [-0.3, -0.25) is 0 Å². The van der Waals surface area contributed by atoms with Crippen molar-refractivity contribution in [3.05, 3.63) is 18.3 Å². The second-order valence-electron chi connectivity index (χ2n) is 1.55. The minimum absolute atomic E-state index is 0.133. The molecule has 0 unspecified atom stereocenters. The van der Waals surface area contributed by atoms with Gasteiger partial charge >= 0.3 is 0 Å². The zero-order valence-electron chi connectivity index (χ0n) is 4.70. The van der Waals surface area contributed by atoms with Gasteiger partial charge in [0.05, 0.1) is 6.20 Å². The number of hydrazine groups is 1. The Labute approximate surface area is 52.3 Å². The van der Waals surface area contributed by atoms with Crippen LogP contribution in [0.4, 0.5) is 5.82 Å². The van der Waals surface area contributed by atoms with Gasteiger partial charge in [-0.15, -0.1) is 0 Å². The Kier molecular flexibility index (Phi) is 1.51. The number of nitrogens with two attached hydrogens (primary N) is 1. The topological polar surface area (TPSA) is 71.2 Å². The Hall–Kier alpha value is -1.29. The molecule has 4 nitrogen and oxygen atoms in total. The number of anilines is 1. The molecule has 9 heavy (non-hydrogen) atoms. The summed E-state index contributed by atoms with van der Waals surface area (Å²) in [5, 5.41) is 8.72. The molecular weight excluding hydrogens is 118 g/mol. The van der Waals surface area contributed by atoms with Gasteiger partial charge in [0, 0.05) is 0 Å². The number of aromatic hydroxyl groups is 1. The molecule has 0 aliphatic carbocycles. The summed E-state index contributed by atoms with van der Waals surface area (Å²) in [5.41, 5.74) is 2.33. The molecule has 0 fully saturated rings. The molecule has 4 heteroatoms. The second kappa shape index (κ2) is 2.32. The lowest BCUT2D eigenvalue weighted by Gasteiger charge is -1.95. The Morgan fingerprint density at radius 2 is 2.33 bits per heavy atom. The largest absolute Gasteiger partial charge is 0.506 e. The van der Waals surface area contributed by atoms with Gasteiger partial charge in [-0.05, 0) is 12.1 Å². The maximum Gasteiger partial charge on any atom is 0.140 e. The van der Waals surface area contributed by atoms with Crippen LogP contribution in [0.25, 0.3) is 0 Å². The van der Waals surface area contributed by atoms with Gasteiger partial charge in [0.15, 0.2) is 0 Å². The third-order valence-electron chi connectivity index (χ3n) is 0.896. The molecule has 1 aromatic rings. The van der Waals surface area contributed by atoms with E-state index in [1.165, 1.54) is 12.3 Å². The van der Waals surface area contributed by atoms with E-state index < -0.39 is 0 Å². The summed E-state index contributed by atoms with van der Waals surface area (Å²) >= 11 is 0. The first kappa shape index (κ1) is 5.84. The minimum Gasteiger partial charge on any atom is -0.506 e. The van der Waals surface area contributed by atoms with E-state index in [-0.39, 0.29) is 5.75 Å². The third-order valence-corrected chi connectivity index (χ3v) is 0.896. The van der Waals surface area contributed by atoms with Crippen molar-refractivity contribution < 1.29 is 5.11 Å². The maximum atomic E-state index is 8.72. The molecule has 0 atom stereocenters. The van der Waals surface area contributed by atoms with Crippen molar-refractivity contribution in [3.63, 3.8) is 0 Å². The highest BCUT2D eigenvalue weighted by Gasteiger charge is 1.87. The SMILES string of the molecule is NNc1ccc(O)cn1. The number of pyridine rings is 1. The molecule has 4 N–H and O–H groups in total. The van der Waals surface area contributed by atoms with E-state index in [0.29, 0.717) is 5.82 Å². The lowest BCUT2D eigenvalue weighted by molar-refractivity contribution is 0.473. The molecule has 0 aliphatic rings. The third kappa shape index (κ3) is 1.30. The van der Waals surface area contributed by atoms with Crippen LogP contribution in [0, 0.1) is 0 Å². The van der Waals surface area contributed by atoms with Crippen LogP contribution in [-0.2, 0) is 0 Å². The van der Waals surface area contributed by atoms with Crippen LogP contribution >= 0.6 is 0 Å². The van der Waals surface area contributed by atoms with Gasteiger partial charge in [0.25, 0.3) is 0 Å². The number of rotatable bonds is 1. The maximum absolute atomic E-state index is 8.72. The predicted octanol–water partition coefficient (Wildman–Crippen LogP) is 0.0728. The fourth-order valence-electron chi connectivity index (χ4n) is 0.471. The summed E-state index contributed by atoms with van der Waals surface area (Å²) in [6.07, 6.45) is 1.31. The molecule has 0 spiro atoms. The van der Waals surface area contributed by atoms with E-state index in [2.05, 4.69) is 10.4 Å². The van der Waals surface area contributed by atoms with Gasteiger partial charge in [0.1, 0.15) is 11.6 Å². The fourth-order valence-corrected chi connectivity index (χ4v) is 0.471. The van der Waals surface area contributed by atoms with Gasteiger partial charge < -0.3 is 10.5 Å². The van der Waals surface area contributed by atoms with Gasteiger partial charge in [-0.2, -0.15) is 0 Å². The molecule has 0 saturated carbocycles. The predicted molar refractivity (Wildman–Crippen MR) is 33.7 cm³/mol. The molecule has 0 bridgehead atoms. The highest BCUT2D eigenvalue weighted by molar-refractivity contribution is 5.35. The molecular formula is C5H7N3O. The molecule has 0 aromatic carbocycles. The first-order valence-electron chi connectivity index (χ1n) is 2.44. The molecule has 0 saturated heterocycles. The van der Waals surface area contributed by atoms with Crippen LogP contribution in [0.5, 0.6) is 5.75 Å². The van der Waals surface area contributed by atoms with Gasteiger partial charge in [0.2, 0.25) is 0 Å². The number of aromatic nitrogens is 1. The summed E-state index contributed by atoms with van der Waals surface area (Å²) in [6.45, 7) is 0. The first-order chi connectivity index (χ1) is 4.33. The Bertz CT molecular complexity index is 184. The number of hydrogen-bond acceptors (Lipinski definition) is 4. The van der Waals surface area contributed by atoms with E-state index in [1.54, 1.807) is 6.07 Å². The average Bonchev–Trinajstić information content (AvgIpc) is 1.90. The van der Waals surface area contributed by atoms with Crippen LogP contribution in [0.1, 0.15) is 0 Å². The van der Waals surface area contributed by atoms with Crippen molar-refractivity contribution in [2.24, 2.45) is 5.84 Å². The minimum atomic E-state index is 0.133. The van der Waals surface area contributed by atoms with Gasteiger partial charge in [-0.25, -0.2) is 10.8 Å². The zero-order chi connectivity index (χ0) is 6.69. The summed E-state index contributed by atoms with van der Waals surface area (Å²) in [4.78, 5) is 3.71. The Morgan fingerprint density at radius 3 is 2.78 bits per heavy atom. The van der Waals surface area contributed by atoms with Crippen molar-refractivity contribution in [2.45, 2.75) is 0 Å². The number of nitrogen functional groups attached to an aromatic ring is 1. The summed E-state index contributed by atoms with van der Waals surface area (Å²) in [6, 6.07) is 3.08. The van der Waals surface area contributed by atoms with E-state index in [9.17, 15) is 0 Å². The van der Waals surface area contributed by atoms with Crippen LogP contribution in [0.3, 0.4) is 0 Å². The van der Waals surface area contributed by atoms with Crippen LogP contribution < -0.4 is 11.3 Å². The summed E-state index contributed by atoms with van der Waals surface area (Å²) in [5.74, 6) is 5.67. The van der Waals surface area contributed by atoms with E-state index in [4.69, 9.17) is 10.9 Å². The quantitative estimate of drug-likeness (QED) is 0.367. The average molecular weight is 125 g/mol. The van der Waals surface area contributed by atoms with E-state index in [1.807, 2.05) is 0 Å². The summed E-state index contributed by atoms with van der Waals surface area (Å²) in [7, 11) is 0. The van der Waals surface area contributed by atoms with Crippen LogP contribution in [0.15, 0.2) is 18.3 Å². The molecule has 48 valence electrons. The second-order valence-corrected chi connectivity index (χ2v) is 1.55. The highest BCUT2D eigenvalue weighted by atomic mass is 16.3. The van der Waals surface area contributed by atoms with Crippen LogP contribution in [-0.4, -0.2) is 10.1 Å². The first-order valence-corrected chi connectivity index (χ1v) is 2.44. The summed E-state index contributed by atoms with van der Waals surface area (Å²) < 4.78 is 0. The van der Waals surface area contributed by atoms with E-state index in [0.717, 1.165) is 0 Å². The number of nitrogens with zero attached hydrogens (tertiary/aromatic N) is 1. The molecule has 0 radical (unpaired) electrons. The normalized spacial score (nSPS) is 9.00. The van der Waals surface area contributed by atoms with Crippen molar-refractivity contribution in [1.82, 2.24) is 4.98 Å². The van der Waals surface area contributed by atoms with Crippen molar-refractivity contribution in [2.75, 3.05) is 5.43 Å². The molecule has 1 heterocycles. The lowest BCUT2D eigenvalue weighted by atomic mass is 10.4. The number of hydrogen-bond donors (Lipinski definition) is 3. The molecule has 1 aromatic heterocycles. The van der Waals surface area contributed by atoms with Crippen molar-refractivity contribution in [3.8, 4) is 5.75 Å². The Morgan fingerprint density at radius 1 is 1.56 bits per heavy atom. The van der Waals surface area contributed by atoms with Crippen molar-refractivity contribution >= 4 is 5.82 Å². The number of nitrogens with one attached hydrogen (secondary N) is 1. The lowest BCUT2D eigenvalue weighted by Crippen LogP contribution is -2.07. The standard InChI is InChI=1S/C5H7N3O/c6-8-5-2-1-4(9)3-7-5/h1-3,9H,6H2,(H,7,8). The molecule has 0 aliphatic heterocycles. The molecule has 0 amide bonds. The smallest absolute Gasteiger partial charge is 0.140 e. The zero-order valence-corrected chi connectivity index (χ0v) is 4.70. The van der Waals surface area contributed by atoms with Crippen LogP contribution in [0.2, 0.25) is 0 Å². The van der Waals surface area contributed by atoms with E-state index >= 15 is 0 Å².